The summed E-state index contributed by atoms with van der Waals surface area (Å²) in [4.78, 5) is 14.8. The number of halogens is 1. The fourth-order valence-electron chi connectivity index (χ4n) is 1.91. The highest BCUT2D eigenvalue weighted by Crippen LogP contribution is 2.27. The minimum absolute atomic E-state index is 0. The van der Waals surface area contributed by atoms with Gasteiger partial charge in [-0.15, -0.1) is 30.6 Å². The standard InChI is InChI=1S/C15H23N5O4S.HI/c1-4-8-18-15(16-5-2)19-10-9-17-13-7-6-12(25(3,23)24)11-14(13)20(21)22;/h4,6-7,11,17H,1,5,8-10H2,2-3H3,(H2,16,18,19);1H. The molecule has 0 aliphatic rings. The largest absolute Gasteiger partial charge is 0.378 e. The van der Waals surface area contributed by atoms with E-state index in [0.717, 1.165) is 12.3 Å². The molecule has 0 saturated carbocycles. The van der Waals surface area contributed by atoms with Gasteiger partial charge < -0.3 is 16.0 Å². The lowest BCUT2D eigenvalue weighted by molar-refractivity contribution is -0.384. The van der Waals surface area contributed by atoms with Crippen molar-refractivity contribution < 1.29 is 13.3 Å². The van der Waals surface area contributed by atoms with Crippen molar-refractivity contribution in [3.63, 3.8) is 0 Å². The lowest BCUT2D eigenvalue weighted by Crippen LogP contribution is -2.37. The molecule has 0 aliphatic carbocycles. The molecule has 1 aromatic rings. The van der Waals surface area contributed by atoms with E-state index in [-0.39, 0.29) is 40.2 Å². The third kappa shape index (κ3) is 7.99. The molecule has 0 saturated heterocycles. The number of benzene rings is 1. The van der Waals surface area contributed by atoms with Gasteiger partial charge in [0.15, 0.2) is 15.8 Å². The number of sulfone groups is 1. The van der Waals surface area contributed by atoms with Crippen molar-refractivity contribution in [2.45, 2.75) is 11.8 Å². The number of nitro benzene ring substituents is 1. The van der Waals surface area contributed by atoms with E-state index in [1.54, 1.807) is 6.08 Å². The molecule has 1 aromatic carbocycles. The maximum absolute atomic E-state index is 11.5. The van der Waals surface area contributed by atoms with Gasteiger partial charge >= 0.3 is 0 Å². The highest BCUT2D eigenvalue weighted by Gasteiger charge is 2.18. The predicted octanol–water partition coefficient (Wildman–Crippen LogP) is 1.77. The van der Waals surface area contributed by atoms with Gasteiger partial charge in [0.1, 0.15) is 5.69 Å². The van der Waals surface area contributed by atoms with Crippen molar-refractivity contribution in [1.82, 2.24) is 10.6 Å². The Bertz CT molecular complexity index is 752. The molecule has 0 atom stereocenters. The minimum atomic E-state index is -3.51. The van der Waals surface area contributed by atoms with Crippen LogP contribution in [0.3, 0.4) is 0 Å². The van der Waals surface area contributed by atoms with Crippen molar-refractivity contribution in [3.8, 4) is 0 Å². The molecule has 1 rings (SSSR count). The van der Waals surface area contributed by atoms with Gasteiger partial charge in [-0.3, -0.25) is 15.1 Å². The molecule has 0 fully saturated rings. The molecular formula is C15H24IN5O4S. The zero-order valence-electron chi connectivity index (χ0n) is 14.7. The Morgan fingerprint density at radius 3 is 2.62 bits per heavy atom. The van der Waals surface area contributed by atoms with Gasteiger partial charge in [-0.1, -0.05) is 6.08 Å². The smallest absolute Gasteiger partial charge is 0.293 e. The van der Waals surface area contributed by atoms with Crippen LogP contribution in [0.1, 0.15) is 6.92 Å². The van der Waals surface area contributed by atoms with Crippen LogP contribution in [0.25, 0.3) is 0 Å². The predicted molar refractivity (Wildman–Crippen MR) is 114 cm³/mol. The Labute approximate surface area is 170 Å². The number of rotatable bonds is 9. The van der Waals surface area contributed by atoms with Crippen molar-refractivity contribution >= 4 is 51.1 Å². The van der Waals surface area contributed by atoms with E-state index in [9.17, 15) is 18.5 Å². The first-order valence-corrected chi connectivity index (χ1v) is 9.54. The van der Waals surface area contributed by atoms with E-state index in [0.29, 0.717) is 32.1 Å². The van der Waals surface area contributed by atoms with Gasteiger partial charge in [0.25, 0.3) is 5.69 Å². The van der Waals surface area contributed by atoms with E-state index in [1.165, 1.54) is 12.1 Å². The summed E-state index contributed by atoms with van der Waals surface area (Å²) in [6.07, 6.45) is 2.71. The summed E-state index contributed by atoms with van der Waals surface area (Å²) in [5.74, 6) is 0.617. The molecule has 26 heavy (non-hydrogen) atoms. The number of nitrogens with one attached hydrogen (secondary N) is 3. The third-order valence-corrected chi connectivity index (χ3v) is 4.16. The summed E-state index contributed by atoms with van der Waals surface area (Å²) in [5.41, 5.74) is -0.0414. The molecule has 146 valence electrons. The van der Waals surface area contributed by atoms with Crippen LogP contribution in [0, 0.1) is 10.1 Å². The van der Waals surface area contributed by atoms with Crippen LogP contribution in [0.5, 0.6) is 0 Å². The van der Waals surface area contributed by atoms with Crippen LogP contribution in [0.2, 0.25) is 0 Å². The Balaban J connectivity index is 0.00000625. The van der Waals surface area contributed by atoms with Crippen LogP contribution in [-0.4, -0.2) is 51.7 Å². The molecule has 0 radical (unpaired) electrons. The fourth-order valence-corrected chi connectivity index (χ4v) is 2.55. The number of anilines is 1. The summed E-state index contributed by atoms with van der Waals surface area (Å²) >= 11 is 0. The first-order chi connectivity index (χ1) is 11.8. The Kier molecular flexibility index (Phi) is 10.8. The van der Waals surface area contributed by atoms with E-state index in [4.69, 9.17) is 0 Å². The second-order valence-electron chi connectivity index (χ2n) is 5.07. The normalized spacial score (nSPS) is 11.2. The van der Waals surface area contributed by atoms with Crippen molar-refractivity contribution in [3.05, 3.63) is 41.0 Å². The molecule has 0 heterocycles. The maximum atomic E-state index is 11.5. The lowest BCUT2D eigenvalue weighted by atomic mass is 10.2. The third-order valence-electron chi connectivity index (χ3n) is 3.05. The Morgan fingerprint density at radius 2 is 2.08 bits per heavy atom. The summed E-state index contributed by atoms with van der Waals surface area (Å²) in [6.45, 7) is 7.55. The van der Waals surface area contributed by atoms with Gasteiger partial charge in [0, 0.05) is 32.0 Å². The van der Waals surface area contributed by atoms with Crippen LogP contribution in [-0.2, 0) is 9.84 Å². The molecule has 3 N–H and O–H groups in total. The first-order valence-electron chi connectivity index (χ1n) is 7.65. The molecule has 0 bridgehead atoms. The second kappa shape index (κ2) is 11.7. The topological polar surface area (TPSA) is 126 Å². The molecule has 0 unspecified atom stereocenters. The Hall–Kier alpha value is -1.89. The van der Waals surface area contributed by atoms with Gasteiger partial charge in [-0.05, 0) is 19.1 Å². The quantitative estimate of drug-likeness (QED) is 0.0903. The molecule has 0 amide bonds. The van der Waals surface area contributed by atoms with E-state index in [2.05, 4.69) is 27.5 Å². The van der Waals surface area contributed by atoms with Gasteiger partial charge in [0.2, 0.25) is 0 Å². The monoisotopic (exact) mass is 497 g/mol. The van der Waals surface area contributed by atoms with E-state index >= 15 is 0 Å². The van der Waals surface area contributed by atoms with Crippen LogP contribution in [0.15, 0.2) is 40.7 Å². The van der Waals surface area contributed by atoms with Crippen LogP contribution < -0.4 is 16.0 Å². The zero-order valence-corrected chi connectivity index (χ0v) is 17.8. The minimum Gasteiger partial charge on any atom is -0.378 e. The average molecular weight is 497 g/mol. The molecule has 0 aliphatic heterocycles. The number of aliphatic imine (C=N–C) groups is 1. The van der Waals surface area contributed by atoms with Gasteiger partial charge in [-0.2, -0.15) is 0 Å². The SMILES string of the molecule is C=CCNC(=NCCNc1ccc(S(C)(=O)=O)cc1[N+](=O)[O-])NCC.I. The number of guanidine groups is 1. The zero-order chi connectivity index (χ0) is 18.9. The molecule has 0 spiro atoms. The second-order valence-corrected chi connectivity index (χ2v) is 7.08. The van der Waals surface area contributed by atoms with E-state index < -0.39 is 14.8 Å². The van der Waals surface area contributed by atoms with Crippen molar-refractivity contribution in [1.29, 1.82) is 0 Å². The number of hydrogen-bond acceptors (Lipinski definition) is 6. The summed E-state index contributed by atoms with van der Waals surface area (Å²) in [5, 5.41) is 20.2. The maximum Gasteiger partial charge on any atom is 0.293 e. The Morgan fingerprint density at radius 1 is 1.38 bits per heavy atom. The first kappa shape index (κ1) is 24.1. The number of hydrogen-bond donors (Lipinski definition) is 3. The van der Waals surface area contributed by atoms with Gasteiger partial charge in [0.05, 0.1) is 16.4 Å². The number of nitro groups is 1. The highest BCUT2D eigenvalue weighted by atomic mass is 127. The number of nitrogens with zero attached hydrogens (tertiary/aromatic N) is 2. The summed E-state index contributed by atoms with van der Waals surface area (Å²) < 4.78 is 23.0. The van der Waals surface area contributed by atoms with Crippen molar-refractivity contribution in [2.24, 2.45) is 4.99 Å². The van der Waals surface area contributed by atoms with E-state index in [1.807, 2.05) is 6.92 Å². The highest BCUT2D eigenvalue weighted by molar-refractivity contribution is 14.0. The average Bonchev–Trinajstić information content (AvgIpc) is 2.55. The molecule has 0 aromatic heterocycles. The van der Waals surface area contributed by atoms with Crippen LogP contribution in [0.4, 0.5) is 11.4 Å². The molecule has 9 nitrogen and oxygen atoms in total. The fraction of sp³-hybridized carbons (Fsp3) is 0.400. The van der Waals surface area contributed by atoms with Gasteiger partial charge in [-0.25, -0.2) is 8.42 Å². The molecular weight excluding hydrogens is 473 g/mol. The van der Waals surface area contributed by atoms with Crippen molar-refractivity contribution in [2.75, 3.05) is 37.8 Å². The summed E-state index contributed by atoms with van der Waals surface area (Å²) in [6, 6.07) is 3.78. The molecule has 11 heteroatoms. The lowest BCUT2D eigenvalue weighted by Gasteiger charge is -2.10. The van der Waals surface area contributed by atoms with Crippen LogP contribution >= 0.6 is 24.0 Å². The summed E-state index contributed by atoms with van der Waals surface area (Å²) in [7, 11) is -3.51.